The first-order chi connectivity index (χ1) is 15.2. The number of H-pyrrole nitrogens is 1. The van der Waals surface area contributed by atoms with E-state index in [9.17, 15) is 38.4 Å². The molecule has 1 saturated heterocycles. The van der Waals surface area contributed by atoms with Crippen LogP contribution in [0.2, 0.25) is 0 Å². The smallest absolute Gasteiger partial charge is 0.405 e. The van der Waals surface area contributed by atoms with E-state index in [2.05, 4.69) is 13.1 Å². The van der Waals surface area contributed by atoms with Gasteiger partial charge in [0.1, 0.15) is 18.3 Å². The van der Waals surface area contributed by atoms with Crippen LogP contribution in [0, 0.1) is 0 Å². The highest BCUT2D eigenvalue weighted by molar-refractivity contribution is 7.66. The van der Waals surface area contributed by atoms with E-state index < -0.39 is 72.5 Å². The van der Waals surface area contributed by atoms with E-state index in [1.165, 1.54) is 0 Å². The predicted octanol–water partition coefficient (Wildman–Crippen LogP) is -2.00. The topological polar surface area (TPSA) is 279 Å². The minimum Gasteiger partial charge on any atom is -0.405 e. The molecule has 1 aromatic heterocycles. The fourth-order valence-corrected chi connectivity index (χ4v) is 5.96. The summed E-state index contributed by atoms with van der Waals surface area (Å²) in [6, 6.07) is 0.939. The van der Waals surface area contributed by atoms with Crippen LogP contribution in [0.5, 0.6) is 0 Å². The summed E-state index contributed by atoms with van der Waals surface area (Å²) in [5.74, 6) is 0. The minimum atomic E-state index is -5.71. The Balaban J connectivity index is 2.17. The van der Waals surface area contributed by atoms with Crippen LogP contribution in [0.15, 0.2) is 34.1 Å². The Hall–Kier alpha value is -1.49. The zero-order valence-electron chi connectivity index (χ0n) is 16.2. The average molecular weight is 539 g/mol. The number of hydrogen-bond acceptors (Lipinski definition) is 13. The summed E-state index contributed by atoms with van der Waals surface area (Å²) >= 11 is 0. The van der Waals surface area contributed by atoms with E-state index >= 15 is 0 Å². The summed E-state index contributed by atoms with van der Waals surface area (Å²) < 4.78 is 58.4. The number of phosphoric acid groups is 3. The Morgan fingerprint density at radius 1 is 1.12 bits per heavy atom. The van der Waals surface area contributed by atoms with E-state index in [-0.39, 0.29) is 0 Å². The molecule has 2 rings (SSSR count). The van der Waals surface area contributed by atoms with E-state index in [0.29, 0.717) is 0 Å². The van der Waals surface area contributed by atoms with Crippen LogP contribution in [0.4, 0.5) is 0 Å². The lowest BCUT2D eigenvalue weighted by molar-refractivity contribution is -0.0549. The summed E-state index contributed by atoms with van der Waals surface area (Å²) in [7, 11) is -16.4. The van der Waals surface area contributed by atoms with E-state index in [0.717, 1.165) is 29.1 Å². The van der Waals surface area contributed by atoms with Crippen molar-refractivity contribution in [1.82, 2.24) is 9.55 Å². The van der Waals surface area contributed by atoms with Gasteiger partial charge in [-0.3, -0.25) is 23.4 Å². The van der Waals surface area contributed by atoms with Crippen molar-refractivity contribution in [2.24, 2.45) is 5.73 Å². The van der Waals surface area contributed by atoms with Gasteiger partial charge < -0.3 is 35.4 Å². The predicted molar refractivity (Wildman–Crippen MR) is 104 cm³/mol. The van der Waals surface area contributed by atoms with Gasteiger partial charge in [-0.1, -0.05) is 0 Å². The van der Waals surface area contributed by atoms with Gasteiger partial charge in [0.2, 0.25) is 0 Å². The van der Waals surface area contributed by atoms with Crippen LogP contribution in [-0.2, 0) is 36.1 Å². The highest BCUT2D eigenvalue weighted by atomic mass is 31.3. The van der Waals surface area contributed by atoms with Crippen molar-refractivity contribution in [3.8, 4) is 0 Å². The second-order valence-corrected chi connectivity index (χ2v) is 10.8. The van der Waals surface area contributed by atoms with Gasteiger partial charge >= 0.3 is 29.2 Å². The van der Waals surface area contributed by atoms with Gasteiger partial charge in [0.15, 0.2) is 6.23 Å². The molecule has 0 aliphatic carbocycles. The van der Waals surface area contributed by atoms with Gasteiger partial charge in [-0.25, -0.2) is 18.5 Å². The van der Waals surface area contributed by atoms with Crippen molar-refractivity contribution in [3.63, 3.8) is 0 Å². The zero-order chi connectivity index (χ0) is 25.0. The Morgan fingerprint density at radius 2 is 1.79 bits per heavy atom. The van der Waals surface area contributed by atoms with Crippen molar-refractivity contribution in [2.45, 2.75) is 24.5 Å². The number of aromatic amines is 1. The fraction of sp³-hybridized carbons (Fsp3) is 0.500. The summed E-state index contributed by atoms with van der Waals surface area (Å²) in [5, 5.41) is 20.3. The van der Waals surface area contributed by atoms with Crippen molar-refractivity contribution in [2.75, 3.05) is 13.2 Å². The third kappa shape index (κ3) is 8.05. The summed E-state index contributed by atoms with van der Waals surface area (Å²) in [4.78, 5) is 51.7. The lowest BCUT2D eigenvalue weighted by Crippen LogP contribution is -2.37. The molecule has 1 fully saturated rings. The van der Waals surface area contributed by atoms with Crippen LogP contribution in [0.1, 0.15) is 6.23 Å². The van der Waals surface area contributed by atoms with Crippen LogP contribution in [0.3, 0.4) is 0 Å². The van der Waals surface area contributed by atoms with Crippen LogP contribution >= 0.6 is 23.5 Å². The number of nitrogens with one attached hydrogen (secondary N) is 1. The molecule has 0 saturated carbocycles. The molecule has 0 radical (unpaired) electrons. The molecule has 0 bridgehead atoms. The maximum Gasteiger partial charge on any atom is 0.490 e. The third-order valence-corrected chi connectivity index (χ3v) is 7.97. The molecule has 1 aromatic rings. The molecule has 0 amide bonds. The molecule has 6 atom stereocenters. The van der Waals surface area contributed by atoms with Crippen LogP contribution in [0.25, 0.3) is 0 Å². The number of nitrogens with two attached hydrogens (primary N) is 1. The quantitative estimate of drug-likeness (QED) is 0.150. The SMILES string of the molecule is NC=CCOP(=O)(OC[C@@H]1O[C@H](n2ccc(=O)[nH]c2=O)C(O)C1O)OP(=O)(O)OP(=O)(O)O. The third-order valence-electron chi connectivity index (χ3n) is 3.74. The van der Waals surface area contributed by atoms with Crippen LogP contribution < -0.4 is 17.0 Å². The van der Waals surface area contributed by atoms with Crippen molar-refractivity contribution >= 4 is 23.5 Å². The number of aromatic nitrogens is 2. The second-order valence-electron chi connectivity index (χ2n) is 6.15. The number of phosphoric ester groups is 1. The molecular formula is C12H20N3O15P3. The van der Waals surface area contributed by atoms with Gasteiger partial charge in [-0.2, -0.15) is 8.62 Å². The molecule has 1 aliphatic rings. The maximum absolute atomic E-state index is 12.7. The number of hydrogen-bond donors (Lipinski definition) is 7. The summed E-state index contributed by atoms with van der Waals surface area (Å²) in [6.07, 6.45) is -3.61. The number of aliphatic hydroxyl groups is 2. The summed E-state index contributed by atoms with van der Waals surface area (Å²) in [5.41, 5.74) is 3.35. The Bertz CT molecular complexity index is 1110. The van der Waals surface area contributed by atoms with Gasteiger partial charge in [0.25, 0.3) is 5.56 Å². The Morgan fingerprint density at radius 3 is 2.36 bits per heavy atom. The number of rotatable bonds is 11. The van der Waals surface area contributed by atoms with Crippen molar-refractivity contribution < 1.29 is 61.0 Å². The molecule has 0 spiro atoms. The average Bonchev–Trinajstić information content (AvgIpc) is 2.93. The lowest BCUT2D eigenvalue weighted by Gasteiger charge is -2.22. The molecule has 18 nitrogen and oxygen atoms in total. The van der Waals surface area contributed by atoms with Crippen molar-refractivity contribution in [3.05, 3.63) is 45.4 Å². The first kappa shape index (κ1) is 27.8. The number of aliphatic hydroxyl groups excluding tert-OH is 2. The van der Waals surface area contributed by atoms with E-state index in [4.69, 9.17) is 24.8 Å². The highest BCUT2D eigenvalue weighted by Gasteiger charge is 2.47. The first-order valence-electron chi connectivity index (χ1n) is 8.56. The van der Waals surface area contributed by atoms with E-state index in [1.807, 2.05) is 4.98 Å². The number of nitrogens with zero attached hydrogens (tertiary/aromatic N) is 1. The standard InChI is InChI=1S/C12H20N3O15P3/c13-3-1-5-26-33(25,30-32(23,24)29-31(20,21)22)27-6-7-9(17)10(18)11(28-7)15-4-2-8(16)14-12(15)19/h1-4,7,9-11,17-18H,5-6,13H2,(H,23,24)(H,14,16,19)(H2,20,21,22)/t7-,9?,10?,11-,33?/m0/s1. The molecule has 188 valence electrons. The second kappa shape index (κ2) is 10.8. The maximum atomic E-state index is 12.7. The molecular weight excluding hydrogens is 519 g/mol. The largest absolute Gasteiger partial charge is 0.490 e. The normalized spacial score (nSPS) is 27.4. The molecule has 21 heteroatoms. The molecule has 0 aromatic carbocycles. The van der Waals surface area contributed by atoms with Crippen LogP contribution in [-0.4, -0.2) is 66.0 Å². The number of ether oxygens (including phenoxy) is 1. The fourth-order valence-electron chi connectivity index (χ4n) is 2.44. The van der Waals surface area contributed by atoms with Gasteiger partial charge in [-0.15, -0.1) is 0 Å². The highest BCUT2D eigenvalue weighted by Crippen LogP contribution is 2.68. The Labute approximate surface area is 183 Å². The van der Waals surface area contributed by atoms with Crippen molar-refractivity contribution in [1.29, 1.82) is 0 Å². The van der Waals surface area contributed by atoms with Gasteiger partial charge in [-0.05, 0) is 12.3 Å². The van der Waals surface area contributed by atoms with Gasteiger partial charge in [0, 0.05) is 12.3 Å². The van der Waals surface area contributed by atoms with Gasteiger partial charge in [0.05, 0.1) is 13.2 Å². The minimum absolute atomic E-state index is 0.629. The molecule has 8 N–H and O–H groups in total. The Kier molecular flexibility index (Phi) is 9.12. The van der Waals surface area contributed by atoms with E-state index in [1.54, 1.807) is 0 Å². The molecule has 2 heterocycles. The first-order valence-corrected chi connectivity index (χ1v) is 13.0. The zero-order valence-corrected chi connectivity index (χ0v) is 18.9. The molecule has 4 unspecified atom stereocenters. The monoisotopic (exact) mass is 539 g/mol. The summed E-state index contributed by atoms with van der Waals surface area (Å²) in [6.45, 7) is -1.58. The molecule has 33 heavy (non-hydrogen) atoms. The lowest BCUT2D eigenvalue weighted by atomic mass is 10.1. The molecule has 1 aliphatic heterocycles.